The van der Waals surface area contributed by atoms with E-state index in [0.717, 1.165) is 0 Å². The van der Waals surface area contributed by atoms with Crippen molar-refractivity contribution in [2.24, 2.45) is 0 Å². The molecule has 0 bridgehead atoms. The first-order valence-electron chi connectivity index (χ1n) is 5.17. The number of hydrogen-bond donors (Lipinski definition) is 2. The number of pyridine rings is 1. The molecule has 0 aliphatic rings. The van der Waals surface area contributed by atoms with Gasteiger partial charge < -0.3 is 15.2 Å². The zero-order valence-electron chi connectivity index (χ0n) is 9.58. The van der Waals surface area contributed by atoms with Gasteiger partial charge in [0.25, 0.3) is 0 Å². The zero-order chi connectivity index (χ0) is 13.0. The Hall–Kier alpha value is -2.64. The summed E-state index contributed by atoms with van der Waals surface area (Å²) in [7, 11) is 1.69. The van der Waals surface area contributed by atoms with E-state index in [1.54, 1.807) is 13.1 Å². The van der Waals surface area contributed by atoms with Gasteiger partial charge in [0.05, 0.1) is 17.7 Å². The van der Waals surface area contributed by atoms with Gasteiger partial charge in [-0.15, -0.1) is 0 Å². The van der Waals surface area contributed by atoms with Gasteiger partial charge in [-0.3, -0.25) is 10.1 Å². The van der Waals surface area contributed by atoms with E-state index in [-0.39, 0.29) is 18.1 Å². The number of anilines is 2. The van der Waals surface area contributed by atoms with Crippen molar-refractivity contribution in [1.82, 2.24) is 10.1 Å². The molecule has 8 nitrogen and oxygen atoms in total. The van der Waals surface area contributed by atoms with E-state index in [1.807, 2.05) is 0 Å². The van der Waals surface area contributed by atoms with Crippen LogP contribution in [0.25, 0.3) is 0 Å². The van der Waals surface area contributed by atoms with Crippen LogP contribution in [-0.4, -0.2) is 22.1 Å². The van der Waals surface area contributed by atoms with Crippen LogP contribution in [0, 0.1) is 10.1 Å². The second-order valence-corrected chi connectivity index (χ2v) is 3.40. The smallest absolute Gasteiger partial charge is 0.311 e. The van der Waals surface area contributed by atoms with Crippen LogP contribution in [0.4, 0.5) is 17.3 Å². The molecule has 0 fully saturated rings. The quantitative estimate of drug-likeness (QED) is 0.612. The Bertz CT molecular complexity index is 540. The Morgan fingerprint density at radius 3 is 2.89 bits per heavy atom. The van der Waals surface area contributed by atoms with Crippen molar-refractivity contribution >= 4 is 17.3 Å². The summed E-state index contributed by atoms with van der Waals surface area (Å²) < 4.78 is 4.89. The molecule has 0 radical (unpaired) electrons. The van der Waals surface area contributed by atoms with Gasteiger partial charge in [0.2, 0.25) is 5.82 Å². The fraction of sp³-hybridized carbons (Fsp3) is 0.200. The lowest BCUT2D eigenvalue weighted by molar-refractivity contribution is -0.384. The van der Waals surface area contributed by atoms with E-state index in [9.17, 15) is 10.1 Å². The summed E-state index contributed by atoms with van der Waals surface area (Å²) in [6, 6.07) is 4.60. The van der Waals surface area contributed by atoms with E-state index in [4.69, 9.17) is 4.52 Å². The number of hydrogen-bond acceptors (Lipinski definition) is 7. The highest BCUT2D eigenvalue weighted by molar-refractivity contribution is 5.60. The van der Waals surface area contributed by atoms with Crippen LogP contribution in [0.3, 0.4) is 0 Å². The molecule has 94 valence electrons. The minimum Gasteiger partial charge on any atom is -0.373 e. The van der Waals surface area contributed by atoms with Crippen LogP contribution >= 0.6 is 0 Å². The summed E-state index contributed by atoms with van der Waals surface area (Å²) in [4.78, 5) is 14.4. The molecule has 0 saturated heterocycles. The van der Waals surface area contributed by atoms with Crippen LogP contribution in [0.15, 0.2) is 28.9 Å². The van der Waals surface area contributed by atoms with Crippen molar-refractivity contribution in [3.05, 3.63) is 40.3 Å². The molecule has 2 aromatic heterocycles. The molecule has 2 N–H and O–H groups in total. The van der Waals surface area contributed by atoms with Crippen molar-refractivity contribution in [1.29, 1.82) is 0 Å². The van der Waals surface area contributed by atoms with Gasteiger partial charge in [-0.2, -0.15) is 0 Å². The number of nitrogens with one attached hydrogen (secondary N) is 2. The van der Waals surface area contributed by atoms with Crippen LogP contribution < -0.4 is 10.6 Å². The molecule has 0 amide bonds. The largest absolute Gasteiger partial charge is 0.373 e. The Morgan fingerprint density at radius 2 is 2.28 bits per heavy atom. The van der Waals surface area contributed by atoms with Gasteiger partial charge in [0.15, 0.2) is 5.76 Å². The third kappa shape index (κ3) is 2.54. The van der Waals surface area contributed by atoms with Crippen molar-refractivity contribution in [2.45, 2.75) is 6.54 Å². The average molecular weight is 249 g/mol. The third-order valence-corrected chi connectivity index (χ3v) is 2.25. The van der Waals surface area contributed by atoms with Gasteiger partial charge in [-0.1, -0.05) is 5.16 Å². The zero-order valence-corrected chi connectivity index (χ0v) is 9.58. The SMILES string of the molecule is CNc1ccc([N+](=O)[O-])c(NCc2ccno2)n1. The fourth-order valence-electron chi connectivity index (χ4n) is 1.37. The van der Waals surface area contributed by atoms with Crippen molar-refractivity contribution in [2.75, 3.05) is 17.7 Å². The molecule has 0 aliphatic heterocycles. The number of aromatic nitrogens is 2. The highest BCUT2D eigenvalue weighted by Gasteiger charge is 2.15. The fourth-order valence-corrected chi connectivity index (χ4v) is 1.37. The van der Waals surface area contributed by atoms with Crippen LogP contribution in [0.5, 0.6) is 0 Å². The Labute approximate surface area is 102 Å². The summed E-state index contributed by atoms with van der Waals surface area (Å²) in [5.74, 6) is 1.30. The maximum absolute atomic E-state index is 10.9. The maximum atomic E-state index is 10.9. The van der Waals surface area contributed by atoms with Crippen molar-refractivity contribution in [3.8, 4) is 0 Å². The second-order valence-electron chi connectivity index (χ2n) is 3.40. The summed E-state index contributed by atoms with van der Waals surface area (Å²) in [5, 5.41) is 20.1. The summed E-state index contributed by atoms with van der Waals surface area (Å²) >= 11 is 0. The van der Waals surface area contributed by atoms with E-state index in [2.05, 4.69) is 20.8 Å². The molecule has 0 aromatic carbocycles. The van der Waals surface area contributed by atoms with E-state index < -0.39 is 4.92 Å². The maximum Gasteiger partial charge on any atom is 0.311 e. The highest BCUT2D eigenvalue weighted by Crippen LogP contribution is 2.24. The summed E-state index contributed by atoms with van der Waals surface area (Å²) in [5.41, 5.74) is -0.0893. The molecule has 2 rings (SSSR count). The molecule has 0 saturated carbocycles. The lowest BCUT2D eigenvalue weighted by atomic mass is 10.3. The first-order chi connectivity index (χ1) is 8.70. The predicted molar refractivity (Wildman–Crippen MR) is 64.3 cm³/mol. The standard InChI is InChI=1S/C10H11N5O3/c1-11-9-3-2-8(15(16)17)10(14-9)12-6-7-4-5-13-18-7/h2-5H,6H2,1H3,(H2,11,12,14). The average Bonchev–Trinajstić information content (AvgIpc) is 2.88. The van der Waals surface area contributed by atoms with E-state index in [1.165, 1.54) is 18.3 Å². The first-order valence-corrected chi connectivity index (χ1v) is 5.17. The molecule has 0 spiro atoms. The van der Waals surface area contributed by atoms with Gasteiger partial charge in [-0.05, 0) is 6.07 Å². The monoisotopic (exact) mass is 249 g/mol. The highest BCUT2D eigenvalue weighted by atomic mass is 16.6. The van der Waals surface area contributed by atoms with Crippen LogP contribution in [0.2, 0.25) is 0 Å². The van der Waals surface area contributed by atoms with Crippen molar-refractivity contribution in [3.63, 3.8) is 0 Å². The molecule has 2 aromatic rings. The molecular weight excluding hydrogens is 238 g/mol. The molecule has 18 heavy (non-hydrogen) atoms. The topological polar surface area (TPSA) is 106 Å². The normalized spacial score (nSPS) is 10.1. The molecule has 0 unspecified atom stereocenters. The number of rotatable bonds is 5. The molecule has 0 atom stereocenters. The molecular formula is C10H11N5O3. The summed E-state index contributed by atoms with van der Waals surface area (Å²) in [6.07, 6.45) is 1.50. The minimum absolute atomic E-state index is 0.0893. The van der Waals surface area contributed by atoms with E-state index >= 15 is 0 Å². The lowest BCUT2D eigenvalue weighted by Gasteiger charge is -2.06. The number of nitro groups is 1. The van der Waals surface area contributed by atoms with Gasteiger partial charge >= 0.3 is 5.69 Å². The minimum atomic E-state index is -0.491. The number of nitrogens with zero attached hydrogens (tertiary/aromatic N) is 3. The van der Waals surface area contributed by atoms with E-state index in [0.29, 0.717) is 11.6 Å². The van der Waals surface area contributed by atoms with Crippen molar-refractivity contribution < 1.29 is 9.45 Å². The Morgan fingerprint density at radius 1 is 1.44 bits per heavy atom. The Balaban J connectivity index is 2.20. The van der Waals surface area contributed by atoms with Gasteiger partial charge in [0, 0.05) is 19.2 Å². The molecule has 0 aliphatic carbocycles. The van der Waals surface area contributed by atoms with Crippen LogP contribution in [0.1, 0.15) is 5.76 Å². The third-order valence-electron chi connectivity index (χ3n) is 2.25. The predicted octanol–water partition coefficient (Wildman–Crippen LogP) is 1.63. The Kier molecular flexibility index (Phi) is 3.37. The van der Waals surface area contributed by atoms with Crippen LogP contribution in [-0.2, 0) is 6.54 Å². The summed E-state index contributed by atoms with van der Waals surface area (Å²) in [6.45, 7) is 0.279. The van der Waals surface area contributed by atoms with Gasteiger partial charge in [0.1, 0.15) is 5.82 Å². The molecule has 8 heteroatoms. The first kappa shape index (κ1) is 11.8. The van der Waals surface area contributed by atoms with Gasteiger partial charge in [-0.25, -0.2) is 4.98 Å². The second kappa shape index (κ2) is 5.13. The lowest BCUT2D eigenvalue weighted by Crippen LogP contribution is -2.05. The molecule has 2 heterocycles.